The third-order valence-corrected chi connectivity index (χ3v) is 4.56. The lowest BCUT2D eigenvalue weighted by Crippen LogP contribution is -2.09. The summed E-state index contributed by atoms with van der Waals surface area (Å²) in [6, 6.07) is 0. The Balaban J connectivity index is 0.00000126. The lowest BCUT2D eigenvalue weighted by Gasteiger charge is -2.15. The lowest BCUT2D eigenvalue weighted by molar-refractivity contribution is 0.312. The second kappa shape index (κ2) is 9.05. The van der Waals surface area contributed by atoms with Crippen molar-refractivity contribution in [1.82, 2.24) is 24.7 Å². The van der Waals surface area contributed by atoms with Gasteiger partial charge in [0, 0.05) is 0 Å². The zero-order chi connectivity index (χ0) is 20.1. The van der Waals surface area contributed by atoms with Crippen LogP contribution < -0.4 is 19.9 Å². The minimum atomic E-state index is 0.0659. The third kappa shape index (κ3) is 4.01. The first-order valence-corrected chi connectivity index (χ1v) is 9.16. The van der Waals surface area contributed by atoms with E-state index in [1.165, 1.54) is 21.3 Å². The summed E-state index contributed by atoms with van der Waals surface area (Å²) in [6.45, 7) is 4.27. The van der Waals surface area contributed by atoms with Crippen LogP contribution in [0.2, 0.25) is 5.15 Å². The molecular weight excluding hydrogens is 440 g/mol. The molecule has 9 nitrogen and oxygen atoms in total. The molecular formula is C16H20BrClN6O3. The predicted octanol–water partition coefficient (Wildman–Crippen LogP) is 3.32. The molecule has 0 fully saturated rings. The fraction of sp³-hybridized carbons (Fsp3) is 0.375. The van der Waals surface area contributed by atoms with Crippen LogP contribution in [-0.2, 0) is 6.54 Å². The zero-order valence-electron chi connectivity index (χ0n) is 15.6. The van der Waals surface area contributed by atoms with E-state index in [1.807, 2.05) is 13.8 Å². The highest BCUT2D eigenvalue weighted by Gasteiger charge is 2.22. The summed E-state index contributed by atoms with van der Waals surface area (Å²) in [6.07, 6.45) is 1.57. The molecule has 11 heteroatoms. The van der Waals surface area contributed by atoms with Gasteiger partial charge in [-0.3, -0.25) is 0 Å². The van der Waals surface area contributed by atoms with Gasteiger partial charge in [0.05, 0.1) is 49.6 Å². The van der Waals surface area contributed by atoms with Crippen LogP contribution in [0.3, 0.4) is 0 Å². The molecule has 27 heavy (non-hydrogen) atoms. The minimum absolute atomic E-state index is 0.0659. The molecule has 3 heterocycles. The molecule has 0 saturated heterocycles. The van der Waals surface area contributed by atoms with E-state index in [-0.39, 0.29) is 17.6 Å². The Morgan fingerprint density at radius 3 is 2.33 bits per heavy atom. The predicted molar refractivity (Wildman–Crippen MR) is 107 cm³/mol. The minimum Gasteiger partial charge on any atom is -0.492 e. The van der Waals surface area contributed by atoms with E-state index < -0.39 is 0 Å². The quantitative estimate of drug-likeness (QED) is 0.579. The molecule has 0 aliphatic heterocycles. The number of halogens is 2. The van der Waals surface area contributed by atoms with Gasteiger partial charge in [0.25, 0.3) is 5.88 Å². The highest BCUT2D eigenvalue weighted by molar-refractivity contribution is 9.10. The van der Waals surface area contributed by atoms with Crippen LogP contribution in [-0.4, -0.2) is 46.1 Å². The highest BCUT2D eigenvalue weighted by atomic mass is 79.9. The van der Waals surface area contributed by atoms with Gasteiger partial charge in [-0.15, -0.1) is 0 Å². The number of rotatable bonds is 5. The van der Waals surface area contributed by atoms with E-state index in [0.29, 0.717) is 38.6 Å². The molecule has 0 saturated carbocycles. The van der Waals surface area contributed by atoms with Crippen molar-refractivity contribution < 1.29 is 14.2 Å². The average molecular weight is 460 g/mol. The van der Waals surface area contributed by atoms with E-state index in [2.05, 4.69) is 36.0 Å². The molecule has 2 N–H and O–H groups in total. The van der Waals surface area contributed by atoms with Gasteiger partial charge >= 0.3 is 0 Å². The molecule has 0 radical (unpaired) electrons. The van der Waals surface area contributed by atoms with Crippen molar-refractivity contribution in [2.24, 2.45) is 0 Å². The van der Waals surface area contributed by atoms with Gasteiger partial charge in [0.1, 0.15) is 5.15 Å². The first kappa shape index (κ1) is 21.0. The van der Waals surface area contributed by atoms with Crippen molar-refractivity contribution in [3.63, 3.8) is 0 Å². The first-order valence-electron chi connectivity index (χ1n) is 7.99. The van der Waals surface area contributed by atoms with Crippen molar-refractivity contribution in [2.45, 2.75) is 20.4 Å². The number of aromatic nitrogens is 5. The normalized spacial score (nSPS) is 10.3. The molecule has 0 bridgehead atoms. The van der Waals surface area contributed by atoms with Crippen LogP contribution in [0.15, 0.2) is 10.7 Å². The van der Waals surface area contributed by atoms with Crippen LogP contribution in [0.4, 0.5) is 5.95 Å². The van der Waals surface area contributed by atoms with E-state index in [0.717, 1.165) is 0 Å². The number of nitrogens with two attached hydrogens (primary N) is 1. The zero-order valence-corrected chi connectivity index (χ0v) is 17.9. The lowest BCUT2D eigenvalue weighted by atomic mass is 10.3. The number of hydrogen-bond donors (Lipinski definition) is 1. The molecule has 0 unspecified atom stereocenters. The summed E-state index contributed by atoms with van der Waals surface area (Å²) in [5.74, 6) is 1.21. The van der Waals surface area contributed by atoms with Crippen LogP contribution in [0.1, 0.15) is 19.5 Å². The van der Waals surface area contributed by atoms with Crippen molar-refractivity contribution in [1.29, 1.82) is 0 Å². The van der Waals surface area contributed by atoms with Gasteiger partial charge in [0.2, 0.25) is 11.7 Å². The molecule has 0 aliphatic rings. The smallest absolute Gasteiger partial charge is 0.261 e. The molecule has 0 atom stereocenters. The van der Waals surface area contributed by atoms with Crippen molar-refractivity contribution in [3.8, 4) is 17.4 Å². The van der Waals surface area contributed by atoms with Gasteiger partial charge in [-0.2, -0.15) is 10.1 Å². The average Bonchev–Trinajstić information content (AvgIpc) is 3.07. The summed E-state index contributed by atoms with van der Waals surface area (Å²) < 4.78 is 18.2. The Kier molecular flexibility index (Phi) is 7.03. The number of nitrogens with zero attached hydrogens (tertiary/aromatic N) is 5. The van der Waals surface area contributed by atoms with Crippen LogP contribution in [0.25, 0.3) is 11.0 Å². The van der Waals surface area contributed by atoms with E-state index in [9.17, 15) is 0 Å². The summed E-state index contributed by atoms with van der Waals surface area (Å²) >= 11 is 9.57. The maximum absolute atomic E-state index is 6.08. The third-order valence-electron chi connectivity index (χ3n) is 3.46. The Morgan fingerprint density at radius 2 is 1.74 bits per heavy atom. The first-order chi connectivity index (χ1) is 13.0. The number of anilines is 1. The Bertz CT molecular complexity index is 950. The van der Waals surface area contributed by atoms with Gasteiger partial charge < -0.3 is 19.9 Å². The highest BCUT2D eigenvalue weighted by Crippen LogP contribution is 2.42. The molecule has 0 aromatic carbocycles. The number of ether oxygens (including phenoxy) is 3. The second-order valence-electron chi connectivity index (χ2n) is 4.86. The molecule has 3 aromatic heterocycles. The number of nitrogen functional groups attached to an aromatic ring is 1. The Labute approximate surface area is 169 Å². The SMILES string of the molecule is CC.COc1nc(Cn2ncc3c(Cl)nc(N)nc32)c(Br)c(OC)c1OC. The Hall–Kier alpha value is -2.33. The number of hydrogen-bond acceptors (Lipinski definition) is 8. The van der Waals surface area contributed by atoms with Gasteiger partial charge in [-0.05, 0) is 15.9 Å². The van der Waals surface area contributed by atoms with Crippen molar-refractivity contribution >= 4 is 44.5 Å². The van der Waals surface area contributed by atoms with Crippen molar-refractivity contribution in [2.75, 3.05) is 27.1 Å². The fourth-order valence-electron chi connectivity index (χ4n) is 2.35. The second-order valence-corrected chi connectivity index (χ2v) is 6.01. The molecule has 0 amide bonds. The number of fused-ring (bicyclic) bond motifs is 1. The van der Waals surface area contributed by atoms with Gasteiger partial charge in [-0.25, -0.2) is 14.6 Å². The summed E-state index contributed by atoms with van der Waals surface area (Å²) in [5.41, 5.74) is 6.78. The molecule has 146 valence electrons. The van der Waals surface area contributed by atoms with E-state index in [4.69, 9.17) is 31.5 Å². The van der Waals surface area contributed by atoms with Crippen LogP contribution in [0, 0.1) is 0 Å². The summed E-state index contributed by atoms with van der Waals surface area (Å²) in [5, 5.41) is 5.13. The molecule has 3 aromatic rings. The topological polar surface area (TPSA) is 110 Å². The van der Waals surface area contributed by atoms with Crippen molar-refractivity contribution in [3.05, 3.63) is 21.5 Å². The Morgan fingerprint density at radius 1 is 1.07 bits per heavy atom. The standard InChI is InChI=1S/C14H14BrClN6O3.C2H6/c1-23-9-8(15)7(19-13(25-3)10(9)24-2)5-22-12-6(4-18-22)11(16)20-14(17)21-12;1-2/h4H,5H2,1-3H3,(H2,17,20,21);1-2H3. The monoisotopic (exact) mass is 458 g/mol. The van der Waals surface area contributed by atoms with E-state index >= 15 is 0 Å². The molecule has 3 rings (SSSR count). The van der Waals surface area contributed by atoms with Gasteiger partial charge in [0.15, 0.2) is 11.4 Å². The fourth-order valence-corrected chi connectivity index (χ4v) is 3.13. The maximum atomic E-state index is 6.08. The van der Waals surface area contributed by atoms with E-state index in [1.54, 1.807) is 10.9 Å². The maximum Gasteiger partial charge on any atom is 0.261 e. The summed E-state index contributed by atoms with van der Waals surface area (Å²) in [7, 11) is 4.54. The molecule has 0 aliphatic carbocycles. The van der Waals surface area contributed by atoms with Gasteiger partial charge in [-0.1, -0.05) is 25.4 Å². The number of methoxy groups -OCH3 is 3. The summed E-state index contributed by atoms with van der Waals surface area (Å²) in [4.78, 5) is 12.6. The number of pyridine rings is 1. The van der Waals surface area contributed by atoms with Crippen LogP contribution >= 0.6 is 27.5 Å². The molecule has 0 spiro atoms. The largest absolute Gasteiger partial charge is 0.492 e. The van der Waals surface area contributed by atoms with Crippen LogP contribution in [0.5, 0.6) is 17.4 Å².